The van der Waals surface area contributed by atoms with Gasteiger partial charge in [0, 0.05) is 6.42 Å². The Morgan fingerprint density at radius 2 is 1.81 bits per heavy atom. The highest BCUT2D eigenvalue weighted by Crippen LogP contribution is 2.18. The minimum atomic E-state index is -3.45. The van der Waals surface area contributed by atoms with Crippen molar-refractivity contribution in [2.75, 3.05) is 0 Å². The van der Waals surface area contributed by atoms with E-state index in [-0.39, 0.29) is 11.3 Å². The summed E-state index contributed by atoms with van der Waals surface area (Å²) in [5.41, 5.74) is 5.98. The van der Waals surface area contributed by atoms with E-state index in [0.717, 1.165) is 5.56 Å². The second-order valence-electron chi connectivity index (χ2n) is 3.84. The van der Waals surface area contributed by atoms with Gasteiger partial charge in [0.2, 0.25) is 5.91 Å². The number of primary amides is 1. The molecule has 1 atom stereocenters. The first-order valence-corrected chi connectivity index (χ1v) is 6.47. The Balaban J connectivity index is 3.02. The van der Waals surface area contributed by atoms with E-state index >= 15 is 0 Å². The van der Waals surface area contributed by atoms with Crippen molar-refractivity contribution < 1.29 is 13.2 Å². The zero-order chi connectivity index (χ0) is 12.3. The molecule has 0 saturated heterocycles. The number of hydrogen-bond acceptors (Lipinski definition) is 3. The first-order chi connectivity index (χ1) is 7.34. The van der Waals surface area contributed by atoms with Crippen LogP contribution in [0.5, 0.6) is 0 Å². The van der Waals surface area contributed by atoms with Crippen LogP contribution in [0.15, 0.2) is 29.2 Å². The summed E-state index contributed by atoms with van der Waals surface area (Å²) < 4.78 is 23.9. The van der Waals surface area contributed by atoms with Crippen LogP contribution in [0.1, 0.15) is 18.9 Å². The predicted molar refractivity (Wildman–Crippen MR) is 61.6 cm³/mol. The molecule has 2 N–H and O–H groups in total. The molecule has 0 spiro atoms. The standard InChI is InChI=1S/C11H15NO3S/c1-8-3-5-10(6-4-8)16(14,15)9(2)7-11(12)13/h3-6,9H,7H2,1-2H3,(H2,12,13). The molecule has 1 aromatic carbocycles. The highest BCUT2D eigenvalue weighted by Gasteiger charge is 2.24. The number of benzene rings is 1. The van der Waals surface area contributed by atoms with Gasteiger partial charge in [-0.1, -0.05) is 17.7 Å². The normalized spacial score (nSPS) is 13.4. The summed E-state index contributed by atoms with van der Waals surface area (Å²) in [6.45, 7) is 3.36. The number of sulfone groups is 1. The van der Waals surface area contributed by atoms with Gasteiger partial charge in [0.25, 0.3) is 0 Å². The molecule has 0 heterocycles. The van der Waals surface area contributed by atoms with E-state index in [0.29, 0.717) is 0 Å². The Hall–Kier alpha value is -1.36. The van der Waals surface area contributed by atoms with Crippen LogP contribution in [-0.4, -0.2) is 19.6 Å². The maximum absolute atomic E-state index is 12.0. The molecule has 0 aliphatic rings. The van der Waals surface area contributed by atoms with E-state index < -0.39 is 21.0 Å². The van der Waals surface area contributed by atoms with Crippen LogP contribution >= 0.6 is 0 Å². The molecule has 0 saturated carbocycles. The van der Waals surface area contributed by atoms with Crippen molar-refractivity contribution in [2.24, 2.45) is 5.73 Å². The molecule has 0 radical (unpaired) electrons. The number of amides is 1. The van der Waals surface area contributed by atoms with Crippen LogP contribution in [-0.2, 0) is 14.6 Å². The van der Waals surface area contributed by atoms with Gasteiger partial charge in [-0.2, -0.15) is 0 Å². The van der Waals surface area contributed by atoms with Gasteiger partial charge in [-0.05, 0) is 26.0 Å². The van der Waals surface area contributed by atoms with Crippen molar-refractivity contribution in [3.8, 4) is 0 Å². The van der Waals surface area contributed by atoms with Crippen LogP contribution in [0.3, 0.4) is 0 Å². The molecule has 1 aromatic rings. The molecule has 4 nitrogen and oxygen atoms in total. The smallest absolute Gasteiger partial charge is 0.218 e. The molecule has 0 aliphatic heterocycles. The Labute approximate surface area is 95.4 Å². The Kier molecular flexibility index (Phi) is 3.70. The quantitative estimate of drug-likeness (QED) is 0.855. The van der Waals surface area contributed by atoms with Gasteiger partial charge in [0.15, 0.2) is 9.84 Å². The molecule has 1 rings (SSSR count). The van der Waals surface area contributed by atoms with E-state index in [4.69, 9.17) is 5.73 Å². The van der Waals surface area contributed by atoms with Crippen molar-refractivity contribution in [3.05, 3.63) is 29.8 Å². The predicted octanol–water partition coefficient (Wildman–Crippen LogP) is 1.03. The third kappa shape index (κ3) is 2.82. The molecule has 1 amide bonds. The Morgan fingerprint density at radius 1 is 1.31 bits per heavy atom. The maximum Gasteiger partial charge on any atom is 0.218 e. The number of aryl methyl sites for hydroxylation is 1. The topological polar surface area (TPSA) is 77.2 Å². The molecule has 88 valence electrons. The molecular formula is C11H15NO3S. The van der Waals surface area contributed by atoms with E-state index in [1.165, 1.54) is 6.92 Å². The summed E-state index contributed by atoms with van der Waals surface area (Å²) in [7, 11) is -3.45. The Bertz CT molecular complexity index is 476. The third-order valence-corrected chi connectivity index (χ3v) is 4.52. The third-order valence-electron chi connectivity index (χ3n) is 2.37. The van der Waals surface area contributed by atoms with Crippen molar-refractivity contribution in [1.29, 1.82) is 0 Å². The van der Waals surface area contributed by atoms with Gasteiger partial charge >= 0.3 is 0 Å². The average molecular weight is 241 g/mol. The molecule has 0 aromatic heterocycles. The second kappa shape index (κ2) is 4.65. The lowest BCUT2D eigenvalue weighted by Crippen LogP contribution is -2.25. The van der Waals surface area contributed by atoms with Crippen molar-refractivity contribution >= 4 is 15.7 Å². The second-order valence-corrected chi connectivity index (χ2v) is 6.21. The van der Waals surface area contributed by atoms with E-state index in [1.807, 2.05) is 6.92 Å². The van der Waals surface area contributed by atoms with E-state index in [1.54, 1.807) is 24.3 Å². The lowest BCUT2D eigenvalue weighted by Gasteiger charge is -2.11. The highest BCUT2D eigenvalue weighted by atomic mass is 32.2. The summed E-state index contributed by atoms with van der Waals surface area (Å²) in [6.07, 6.45) is -0.157. The molecule has 0 bridgehead atoms. The van der Waals surface area contributed by atoms with Crippen LogP contribution in [0.25, 0.3) is 0 Å². The molecule has 0 aliphatic carbocycles. The zero-order valence-corrected chi connectivity index (χ0v) is 10.1. The summed E-state index contributed by atoms with van der Waals surface area (Å²) in [4.78, 5) is 10.9. The first kappa shape index (κ1) is 12.7. The van der Waals surface area contributed by atoms with E-state index in [2.05, 4.69) is 0 Å². The molecule has 5 heteroatoms. The van der Waals surface area contributed by atoms with Gasteiger partial charge in [-0.3, -0.25) is 4.79 Å². The van der Waals surface area contributed by atoms with Crippen molar-refractivity contribution in [1.82, 2.24) is 0 Å². The number of carbonyl (C=O) groups is 1. The summed E-state index contributed by atoms with van der Waals surface area (Å²) in [6, 6.07) is 6.54. The molecule has 0 fully saturated rings. The molecule has 16 heavy (non-hydrogen) atoms. The van der Waals surface area contributed by atoms with Crippen molar-refractivity contribution in [2.45, 2.75) is 30.4 Å². The first-order valence-electron chi connectivity index (χ1n) is 4.93. The minimum absolute atomic E-state index is 0.157. The summed E-state index contributed by atoms with van der Waals surface area (Å²) in [5, 5.41) is -0.785. The largest absolute Gasteiger partial charge is 0.370 e. The van der Waals surface area contributed by atoms with Gasteiger partial charge in [-0.25, -0.2) is 8.42 Å². The lowest BCUT2D eigenvalue weighted by atomic mass is 10.2. The van der Waals surface area contributed by atoms with Gasteiger partial charge < -0.3 is 5.73 Å². The Morgan fingerprint density at radius 3 is 2.25 bits per heavy atom. The number of nitrogens with two attached hydrogens (primary N) is 1. The molecular weight excluding hydrogens is 226 g/mol. The number of rotatable bonds is 4. The van der Waals surface area contributed by atoms with Gasteiger partial charge in [-0.15, -0.1) is 0 Å². The van der Waals surface area contributed by atoms with Crippen LogP contribution in [0, 0.1) is 6.92 Å². The SMILES string of the molecule is Cc1ccc(S(=O)(=O)C(C)CC(N)=O)cc1. The zero-order valence-electron chi connectivity index (χ0n) is 9.30. The fourth-order valence-electron chi connectivity index (χ4n) is 1.35. The highest BCUT2D eigenvalue weighted by molar-refractivity contribution is 7.92. The van der Waals surface area contributed by atoms with Crippen LogP contribution in [0.4, 0.5) is 0 Å². The number of carbonyl (C=O) groups excluding carboxylic acids is 1. The van der Waals surface area contributed by atoms with Gasteiger partial charge in [0.05, 0.1) is 10.1 Å². The monoisotopic (exact) mass is 241 g/mol. The van der Waals surface area contributed by atoms with Crippen molar-refractivity contribution in [3.63, 3.8) is 0 Å². The van der Waals surface area contributed by atoms with Gasteiger partial charge in [0.1, 0.15) is 0 Å². The average Bonchev–Trinajstić information content (AvgIpc) is 2.17. The molecule has 1 unspecified atom stereocenters. The minimum Gasteiger partial charge on any atom is -0.370 e. The fourth-order valence-corrected chi connectivity index (χ4v) is 2.72. The van der Waals surface area contributed by atoms with Crippen LogP contribution in [0.2, 0.25) is 0 Å². The van der Waals surface area contributed by atoms with E-state index in [9.17, 15) is 13.2 Å². The van der Waals surface area contributed by atoms with Crippen LogP contribution < -0.4 is 5.73 Å². The lowest BCUT2D eigenvalue weighted by molar-refractivity contribution is -0.117. The summed E-state index contributed by atoms with van der Waals surface area (Å²) >= 11 is 0. The fraction of sp³-hybridized carbons (Fsp3) is 0.364. The summed E-state index contributed by atoms with van der Waals surface area (Å²) in [5.74, 6) is -0.608. The maximum atomic E-state index is 12.0. The number of hydrogen-bond donors (Lipinski definition) is 1.